The lowest BCUT2D eigenvalue weighted by molar-refractivity contribution is -0.154. The molecule has 302 valence electrons. The van der Waals surface area contributed by atoms with E-state index in [-0.39, 0.29) is 56.9 Å². The number of carbonyl (C=O) groups excluding carboxylic acids is 3. The number of nitrogens with two attached hydrogens (primary N) is 1. The maximum Gasteiger partial charge on any atom is 0.410 e. The van der Waals surface area contributed by atoms with Crippen molar-refractivity contribution in [2.24, 2.45) is 0 Å². The first-order chi connectivity index (χ1) is 26.0. The number of benzene rings is 2. The van der Waals surface area contributed by atoms with E-state index in [4.69, 9.17) is 34.5 Å². The normalized spacial score (nSPS) is 12.2. The smallest absolute Gasteiger partial charge is 0.410 e. The molecule has 17 heteroatoms. The van der Waals surface area contributed by atoms with Crippen LogP contribution in [0, 0.1) is 0 Å². The summed E-state index contributed by atoms with van der Waals surface area (Å²) in [7, 11) is 1.59. The number of para-hydroxylation sites is 1. The Balaban J connectivity index is 1.73. The van der Waals surface area contributed by atoms with E-state index in [0.29, 0.717) is 59.3 Å². The fourth-order valence-corrected chi connectivity index (χ4v) is 5.62. The Morgan fingerprint density at radius 3 is 2.24 bits per heavy atom. The van der Waals surface area contributed by atoms with Crippen molar-refractivity contribution in [2.75, 3.05) is 64.3 Å². The third-order valence-corrected chi connectivity index (χ3v) is 8.30. The average molecular weight is 787 g/mol. The first kappa shape index (κ1) is 44.9. The van der Waals surface area contributed by atoms with Crippen molar-refractivity contribution in [1.82, 2.24) is 19.6 Å². The number of ether oxygens (including phenoxy) is 5. The van der Waals surface area contributed by atoms with Gasteiger partial charge in [0.2, 0.25) is 0 Å². The highest BCUT2D eigenvalue weighted by Crippen LogP contribution is 2.31. The molecule has 1 aromatic heterocycles. The van der Waals surface area contributed by atoms with Gasteiger partial charge in [0, 0.05) is 31.1 Å². The molecule has 0 fully saturated rings. The summed E-state index contributed by atoms with van der Waals surface area (Å²) in [6, 6.07) is 11.9. The Hall–Kier alpha value is -4.52. The Morgan fingerprint density at radius 1 is 0.927 bits per heavy atom. The minimum Gasteiger partial charge on any atom is -0.593 e. The van der Waals surface area contributed by atoms with Crippen LogP contribution in [0.3, 0.4) is 0 Å². The Labute approximate surface area is 325 Å². The summed E-state index contributed by atoms with van der Waals surface area (Å²) in [5, 5.41) is 11.7. The van der Waals surface area contributed by atoms with E-state index < -0.39 is 34.6 Å². The molecule has 5 N–H and O–H groups in total. The van der Waals surface area contributed by atoms with E-state index in [9.17, 15) is 18.9 Å². The predicted molar refractivity (Wildman–Crippen MR) is 208 cm³/mol. The number of aromatic nitrogens is 2. The van der Waals surface area contributed by atoms with Gasteiger partial charge in [-0.15, -0.1) is 4.72 Å². The molecule has 0 radical (unpaired) electrons. The highest BCUT2D eigenvalue weighted by atomic mass is 32.2. The van der Waals surface area contributed by atoms with Gasteiger partial charge in [-0.1, -0.05) is 12.1 Å². The highest BCUT2D eigenvalue weighted by Gasteiger charge is 2.23. The first-order valence-electron chi connectivity index (χ1n) is 17.8. The minimum atomic E-state index is -1.53. The summed E-state index contributed by atoms with van der Waals surface area (Å²) < 4.78 is 43.4. The summed E-state index contributed by atoms with van der Waals surface area (Å²) in [6.07, 6.45) is 1.56. The molecule has 0 saturated carbocycles. The van der Waals surface area contributed by atoms with Crippen molar-refractivity contribution in [3.8, 4) is 17.0 Å². The van der Waals surface area contributed by atoms with Crippen molar-refractivity contribution < 1.29 is 47.7 Å². The van der Waals surface area contributed by atoms with Gasteiger partial charge < -0.3 is 49.3 Å². The van der Waals surface area contributed by atoms with Gasteiger partial charge in [0.15, 0.2) is 16.4 Å². The van der Waals surface area contributed by atoms with Crippen LogP contribution >= 0.6 is 0 Å². The number of hydrogen-bond donors (Lipinski definition) is 4. The molecule has 55 heavy (non-hydrogen) atoms. The molecule has 0 aliphatic carbocycles. The van der Waals surface area contributed by atoms with Crippen LogP contribution in [0.1, 0.15) is 70.4 Å². The second kappa shape index (κ2) is 21.5. The van der Waals surface area contributed by atoms with Crippen LogP contribution in [0.4, 0.5) is 16.3 Å². The van der Waals surface area contributed by atoms with Gasteiger partial charge >= 0.3 is 12.1 Å². The lowest BCUT2D eigenvalue weighted by atomic mass is 10.1. The van der Waals surface area contributed by atoms with Crippen LogP contribution < -0.4 is 20.5 Å². The van der Waals surface area contributed by atoms with E-state index in [1.165, 1.54) is 11.1 Å². The number of aliphatic hydroxyl groups is 1. The Kier molecular flexibility index (Phi) is 17.6. The number of rotatable bonds is 20. The number of carbonyl (C=O) groups is 3. The summed E-state index contributed by atoms with van der Waals surface area (Å²) in [6.45, 7) is 12.2. The number of nitrogens with zero attached hydrogens (tertiary/aromatic N) is 3. The molecule has 0 aliphatic heterocycles. The summed E-state index contributed by atoms with van der Waals surface area (Å²) in [5.74, 6) is -0.766. The molecule has 1 heterocycles. The fourth-order valence-electron chi connectivity index (χ4n) is 4.74. The molecule has 0 saturated heterocycles. The van der Waals surface area contributed by atoms with Gasteiger partial charge in [0.05, 0.1) is 68.5 Å². The fraction of sp³-hybridized carbons (Fsp3) is 0.500. The van der Waals surface area contributed by atoms with Gasteiger partial charge in [-0.25, -0.2) is 14.8 Å². The number of anilines is 2. The quantitative estimate of drug-likeness (QED) is 0.0705. The SMILES string of the molecule is CN(Cc1cccc(NC(=O)c2nc(-c3ccc([S+]([O-])NCCCC(=O)OC(C)(C)C)cc3)cnc2N)c1OCCOCCOCCO)C(=O)OC(C)(C)C. The standard InChI is InChI=1S/C38H54N6O10S/c1-37(2,3)53-31(46)12-9-17-41-55(49)28-15-13-26(14-16-28)30-24-40-34(39)32(42-30)35(47)43-29-11-8-10-27(25-44(7)36(48)54-38(4,5)6)33(29)52-23-22-51-21-20-50-19-18-45/h8,10-11,13-16,24,41,45H,9,12,17-23,25H2,1-7H3,(H2,39,40)(H,43,47). The molecule has 0 bridgehead atoms. The second-order valence-corrected chi connectivity index (χ2v) is 15.5. The Morgan fingerprint density at radius 2 is 1.58 bits per heavy atom. The highest BCUT2D eigenvalue weighted by molar-refractivity contribution is 7.89. The lowest BCUT2D eigenvalue weighted by Crippen LogP contribution is -2.34. The van der Waals surface area contributed by atoms with Gasteiger partial charge in [-0.3, -0.25) is 9.59 Å². The zero-order valence-electron chi connectivity index (χ0n) is 32.6. The van der Waals surface area contributed by atoms with E-state index in [2.05, 4.69) is 20.0 Å². The van der Waals surface area contributed by atoms with E-state index in [1.807, 2.05) is 0 Å². The second-order valence-electron chi connectivity index (χ2n) is 14.2. The predicted octanol–water partition coefficient (Wildman–Crippen LogP) is 4.48. The molecule has 2 amide bonds. The van der Waals surface area contributed by atoms with Crippen LogP contribution in [-0.4, -0.2) is 107 Å². The van der Waals surface area contributed by atoms with Crippen molar-refractivity contribution in [1.29, 1.82) is 0 Å². The van der Waals surface area contributed by atoms with Crippen molar-refractivity contribution >= 4 is 40.8 Å². The van der Waals surface area contributed by atoms with Crippen LogP contribution in [0.5, 0.6) is 5.75 Å². The summed E-state index contributed by atoms with van der Waals surface area (Å²) in [4.78, 5) is 49.0. The lowest BCUT2D eigenvalue weighted by Gasteiger charge is -2.25. The monoisotopic (exact) mass is 786 g/mol. The van der Waals surface area contributed by atoms with Crippen LogP contribution in [0.25, 0.3) is 11.3 Å². The molecule has 3 rings (SSSR count). The zero-order valence-corrected chi connectivity index (χ0v) is 33.5. The number of aliphatic hydroxyl groups excluding tert-OH is 1. The molecule has 0 aliphatic rings. The van der Waals surface area contributed by atoms with Gasteiger partial charge in [0.1, 0.15) is 23.6 Å². The molecule has 3 aromatic rings. The number of nitrogen functional groups attached to an aromatic ring is 1. The minimum absolute atomic E-state index is 0.0796. The Bertz CT molecular complexity index is 1700. The number of esters is 1. The topological polar surface area (TPSA) is 220 Å². The third-order valence-electron chi connectivity index (χ3n) is 7.13. The van der Waals surface area contributed by atoms with Crippen LogP contribution in [-0.2, 0) is 41.6 Å². The molecule has 1 atom stereocenters. The van der Waals surface area contributed by atoms with Gasteiger partial charge in [0.25, 0.3) is 5.91 Å². The number of nitrogens with one attached hydrogen (secondary N) is 2. The summed E-state index contributed by atoms with van der Waals surface area (Å²) in [5.41, 5.74) is 6.57. The van der Waals surface area contributed by atoms with Crippen molar-refractivity contribution in [2.45, 2.75) is 77.0 Å². The average Bonchev–Trinajstić information content (AvgIpc) is 3.10. The first-order valence-corrected chi connectivity index (χ1v) is 19.0. The molecule has 1 unspecified atom stereocenters. The van der Waals surface area contributed by atoms with E-state index in [0.717, 1.165) is 0 Å². The molecular formula is C38H54N6O10S. The maximum absolute atomic E-state index is 13.7. The summed E-state index contributed by atoms with van der Waals surface area (Å²) >= 11 is -1.53. The molecule has 16 nitrogen and oxygen atoms in total. The molecular weight excluding hydrogens is 733 g/mol. The van der Waals surface area contributed by atoms with Crippen LogP contribution in [0.15, 0.2) is 53.6 Å². The van der Waals surface area contributed by atoms with Gasteiger partial charge in [-0.2, -0.15) is 0 Å². The molecule has 2 aromatic carbocycles. The van der Waals surface area contributed by atoms with E-state index in [1.54, 1.807) is 91.1 Å². The largest absolute Gasteiger partial charge is 0.593 e. The van der Waals surface area contributed by atoms with Crippen molar-refractivity contribution in [3.63, 3.8) is 0 Å². The molecule has 0 spiro atoms. The number of hydrogen-bond acceptors (Lipinski definition) is 14. The van der Waals surface area contributed by atoms with Gasteiger partial charge in [-0.05, 0) is 78.3 Å². The zero-order chi connectivity index (χ0) is 40.6. The number of amides is 2. The maximum atomic E-state index is 13.7. The third kappa shape index (κ3) is 16.0. The van der Waals surface area contributed by atoms with Crippen LogP contribution in [0.2, 0.25) is 0 Å². The van der Waals surface area contributed by atoms with Crippen molar-refractivity contribution in [3.05, 3.63) is 59.9 Å². The van der Waals surface area contributed by atoms with E-state index >= 15 is 0 Å².